The summed E-state index contributed by atoms with van der Waals surface area (Å²) < 4.78 is 10.3. The molecule has 0 aliphatic rings. The van der Waals surface area contributed by atoms with Gasteiger partial charge in [-0.15, -0.1) is 0 Å². The van der Waals surface area contributed by atoms with E-state index in [0.717, 1.165) is 5.56 Å². The Kier molecular flexibility index (Phi) is 6.57. The molecule has 132 valence electrons. The summed E-state index contributed by atoms with van der Waals surface area (Å²) in [7, 11) is 0. The molecule has 0 fully saturated rings. The molecule has 25 heavy (non-hydrogen) atoms. The normalized spacial score (nSPS) is 10.4. The second kappa shape index (κ2) is 8.87. The van der Waals surface area contributed by atoms with E-state index in [4.69, 9.17) is 9.47 Å². The van der Waals surface area contributed by atoms with Crippen LogP contribution in [-0.2, 0) is 14.3 Å². The molecule has 0 saturated heterocycles. The van der Waals surface area contributed by atoms with Crippen molar-refractivity contribution in [3.05, 3.63) is 59.7 Å². The summed E-state index contributed by atoms with van der Waals surface area (Å²) in [6.45, 7) is 5.59. The van der Waals surface area contributed by atoms with Crippen LogP contribution in [0.4, 0.5) is 5.69 Å². The van der Waals surface area contributed by atoms with Crippen LogP contribution in [0.25, 0.3) is 0 Å². The van der Waals surface area contributed by atoms with E-state index in [1.165, 1.54) is 5.56 Å². The summed E-state index contributed by atoms with van der Waals surface area (Å²) in [6.07, 6.45) is 0. The number of carbonyl (C=O) groups excluding carboxylic acids is 2. The first-order chi connectivity index (χ1) is 11.9. The molecule has 0 unspecified atom stereocenters. The maximum absolute atomic E-state index is 11.7. The number of hydrogen-bond acceptors (Lipinski definition) is 4. The van der Waals surface area contributed by atoms with Crippen LogP contribution in [0.1, 0.15) is 30.9 Å². The van der Waals surface area contributed by atoms with Crippen molar-refractivity contribution < 1.29 is 19.1 Å². The zero-order valence-corrected chi connectivity index (χ0v) is 14.7. The number of anilines is 1. The van der Waals surface area contributed by atoms with E-state index < -0.39 is 11.9 Å². The van der Waals surface area contributed by atoms with Gasteiger partial charge in [-0.1, -0.05) is 43.7 Å². The van der Waals surface area contributed by atoms with Gasteiger partial charge in [0.05, 0.1) is 0 Å². The zero-order valence-electron chi connectivity index (χ0n) is 14.7. The smallest absolute Gasteiger partial charge is 0.344 e. The molecule has 2 aromatic carbocycles. The maximum atomic E-state index is 11.7. The fourth-order valence-electron chi connectivity index (χ4n) is 2.11. The van der Waals surface area contributed by atoms with Crippen LogP contribution in [0, 0.1) is 6.92 Å². The number of benzene rings is 2. The molecule has 0 aliphatic carbocycles. The number of aryl methyl sites for hydroxylation is 1. The lowest BCUT2D eigenvalue weighted by Gasteiger charge is -2.09. The number of esters is 1. The van der Waals surface area contributed by atoms with Gasteiger partial charge < -0.3 is 14.8 Å². The molecule has 2 aromatic rings. The van der Waals surface area contributed by atoms with E-state index >= 15 is 0 Å². The Morgan fingerprint density at radius 2 is 1.60 bits per heavy atom. The standard InChI is InChI=1S/C20H23NO4/c1-14(2)16-6-10-18(11-7-16)24-13-20(23)25-12-19(22)21-17-8-4-15(3)5-9-17/h4-11,14H,12-13H2,1-3H3,(H,21,22). The monoisotopic (exact) mass is 341 g/mol. The second-order valence-electron chi connectivity index (χ2n) is 6.09. The van der Waals surface area contributed by atoms with Crippen molar-refractivity contribution in [2.24, 2.45) is 0 Å². The van der Waals surface area contributed by atoms with Crippen LogP contribution < -0.4 is 10.1 Å². The van der Waals surface area contributed by atoms with Crippen molar-refractivity contribution in [1.29, 1.82) is 0 Å². The molecule has 0 heterocycles. The van der Waals surface area contributed by atoms with Crippen molar-refractivity contribution in [3.8, 4) is 5.75 Å². The Balaban J connectivity index is 1.71. The van der Waals surface area contributed by atoms with Gasteiger partial charge in [0, 0.05) is 5.69 Å². The summed E-state index contributed by atoms with van der Waals surface area (Å²) in [5, 5.41) is 2.66. The fraction of sp³-hybridized carbons (Fsp3) is 0.300. The number of amides is 1. The van der Waals surface area contributed by atoms with Crippen LogP contribution in [0.2, 0.25) is 0 Å². The third-order valence-corrected chi connectivity index (χ3v) is 3.60. The topological polar surface area (TPSA) is 64.6 Å². The van der Waals surface area contributed by atoms with Gasteiger partial charge in [0.25, 0.3) is 5.91 Å². The molecule has 1 N–H and O–H groups in total. The van der Waals surface area contributed by atoms with Gasteiger partial charge in [0.1, 0.15) is 5.75 Å². The summed E-state index contributed by atoms with van der Waals surface area (Å²) in [6, 6.07) is 14.9. The highest BCUT2D eigenvalue weighted by Gasteiger charge is 2.09. The third-order valence-electron chi connectivity index (χ3n) is 3.60. The van der Waals surface area contributed by atoms with E-state index in [0.29, 0.717) is 17.4 Å². The Hall–Kier alpha value is -2.82. The number of hydrogen-bond donors (Lipinski definition) is 1. The van der Waals surface area contributed by atoms with E-state index in [1.807, 2.05) is 43.3 Å². The number of nitrogens with one attached hydrogen (secondary N) is 1. The maximum Gasteiger partial charge on any atom is 0.344 e. The molecule has 0 spiro atoms. The van der Waals surface area contributed by atoms with Crippen molar-refractivity contribution in [2.75, 3.05) is 18.5 Å². The molecule has 0 bridgehead atoms. The lowest BCUT2D eigenvalue weighted by atomic mass is 10.0. The Bertz CT molecular complexity index is 705. The molecule has 0 radical (unpaired) electrons. The van der Waals surface area contributed by atoms with Crippen LogP contribution in [0.3, 0.4) is 0 Å². The first kappa shape index (κ1) is 18.5. The predicted octanol–water partition coefficient (Wildman–Crippen LogP) is 3.68. The average Bonchev–Trinajstić information content (AvgIpc) is 2.60. The van der Waals surface area contributed by atoms with Gasteiger partial charge in [-0.25, -0.2) is 4.79 Å². The summed E-state index contributed by atoms with van der Waals surface area (Å²) in [5.74, 6) is 0.0435. The van der Waals surface area contributed by atoms with Gasteiger partial charge in [0.15, 0.2) is 13.2 Å². The van der Waals surface area contributed by atoms with E-state index in [9.17, 15) is 9.59 Å². The molecule has 0 aromatic heterocycles. The van der Waals surface area contributed by atoms with Gasteiger partial charge in [-0.2, -0.15) is 0 Å². The predicted molar refractivity (Wildman–Crippen MR) is 96.8 cm³/mol. The summed E-state index contributed by atoms with van der Waals surface area (Å²) in [4.78, 5) is 23.4. The SMILES string of the molecule is Cc1ccc(NC(=O)COC(=O)COc2ccc(C(C)C)cc2)cc1. The highest BCUT2D eigenvalue weighted by molar-refractivity contribution is 5.92. The summed E-state index contributed by atoms with van der Waals surface area (Å²) in [5.41, 5.74) is 2.96. The molecule has 5 nitrogen and oxygen atoms in total. The fourth-order valence-corrected chi connectivity index (χ4v) is 2.11. The zero-order chi connectivity index (χ0) is 18.2. The van der Waals surface area contributed by atoms with E-state index in [-0.39, 0.29) is 13.2 Å². The second-order valence-corrected chi connectivity index (χ2v) is 6.09. The van der Waals surface area contributed by atoms with Gasteiger partial charge in [-0.05, 0) is 42.7 Å². The van der Waals surface area contributed by atoms with Gasteiger partial charge in [-0.3, -0.25) is 4.79 Å². The molecule has 0 saturated carbocycles. The Morgan fingerprint density at radius 3 is 2.20 bits per heavy atom. The average molecular weight is 341 g/mol. The molecular formula is C20H23NO4. The Labute approximate surface area is 148 Å². The van der Waals surface area contributed by atoms with Crippen LogP contribution in [0.15, 0.2) is 48.5 Å². The number of carbonyl (C=O) groups is 2. The van der Waals surface area contributed by atoms with Crippen LogP contribution in [-0.4, -0.2) is 25.1 Å². The quantitative estimate of drug-likeness (QED) is 0.780. The highest BCUT2D eigenvalue weighted by atomic mass is 16.6. The van der Waals surface area contributed by atoms with E-state index in [2.05, 4.69) is 19.2 Å². The van der Waals surface area contributed by atoms with Crippen molar-refractivity contribution in [1.82, 2.24) is 0 Å². The highest BCUT2D eigenvalue weighted by Crippen LogP contribution is 2.18. The van der Waals surface area contributed by atoms with Gasteiger partial charge >= 0.3 is 5.97 Å². The van der Waals surface area contributed by atoms with Crippen LogP contribution in [0.5, 0.6) is 5.75 Å². The van der Waals surface area contributed by atoms with E-state index in [1.54, 1.807) is 12.1 Å². The van der Waals surface area contributed by atoms with Crippen LogP contribution >= 0.6 is 0 Å². The van der Waals surface area contributed by atoms with Crippen molar-refractivity contribution in [3.63, 3.8) is 0 Å². The first-order valence-corrected chi connectivity index (χ1v) is 8.19. The molecule has 0 aliphatic heterocycles. The third kappa shape index (κ3) is 6.30. The molecule has 5 heteroatoms. The lowest BCUT2D eigenvalue weighted by Crippen LogP contribution is -2.23. The van der Waals surface area contributed by atoms with Crippen molar-refractivity contribution >= 4 is 17.6 Å². The minimum atomic E-state index is -0.591. The molecule has 2 rings (SSSR count). The van der Waals surface area contributed by atoms with Crippen molar-refractivity contribution in [2.45, 2.75) is 26.7 Å². The minimum Gasteiger partial charge on any atom is -0.482 e. The first-order valence-electron chi connectivity index (χ1n) is 8.19. The largest absolute Gasteiger partial charge is 0.482 e. The molecule has 0 atom stereocenters. The summed E-state index contributed by atoms with van der Waals surface area (Å²) >= 11 is 0. The Morgan fingerprint density at radius 1 is 0.960 bits per heavy atom. The number of ether oxygens (including phenoxy) is 2. The molecule has 1 amide bonds. The molecular weight excluding hydrogens is 318 g/mol. The van der Waals surface area contributed by atoms with Gasteiger partial charge in [0.2, 0.25) is 0 Å². The lowest BCUT2D eigenvalue weighted by molar-refractivity contribution is -0.149. The number of rotatable bonds is 7. The minimum absolute atomic E-state index is 0.237.